The van der Waals surface area contributed by atoms with Gasteiger partial charge in [0.1, 0.15) is 0 Å². The number of halogens is 1. The number of aromatic nitrogens is 2. The Labute approximate surface area is 128 Å². The molecule has 0 bridgehead atoms. The largest absolute Gasteiger partial charge is 0.314 e. The van der Waals surface area contributed by atoms with E-state index in [-0.39, 0.29) is 0 Å². The maximum Gasteiger partial charge on any atom is 0.0910 e. The lowest BCUT2D eigenvalue weighted by Crippen LogP contribution is -2.06. The van der Waals surface area contributed by atoms with Crippen molar-refractivity contribution in [2.75, 3.05) is 7.05 Å². The molecule has 1 heterocycles. The fourth-order valence-electron chi connectivity index (χ4n) is 3.03. The van der Waals surface area contributed by atoms with E-state index < -0.39 is 0 Å². The predicted molar refractivity (Wildman–Crippen MR) is 85.7 cm³/mol. The smallest absolute Gasteiger partial charge is 0.0910 e. The van der Waals surface area contributed by atoms with Crippen molar-refractivity contribution in [3.63, 3.8) is 0 Å². The Morgan fingerprint density at radius 1 is 1.25 bits per heavy atom. The van der Waals surface area contributed by atoms with Gasteiger partial charge in [0.25, 0.3) is 0 Å². The summed E-state index contributed by atoms with van der Waals surface area (Å²) < 4.78 is 3.08. The number of fused-ring (bicyclic) bond motifs is 1. The van der Waals surface area contributed by atoms with Gasteiger partial charge in [-0.15, -0.1) is 0 Å². The standard InChI is InChI=1S/C16H20BrN3/c1-18-10-14-15(17)16(20(2)19-14)13-8-7-11-5-3-4-6-12(11)9-13/h7-9,18H,3-6,10H2,1-2H3. The Hall–Kier alpha value is -1.13. The first-order chi connectivity index (χ1) is 9.70. The molecule has 1 aliphatic rings. The molecule has 0 fully saturated rings. The lowest BCUT2D eigenvalue weighted by Gasteiger charge is -2.16. The summed E-state index contributed by atoms with van der Waals surface area (Å²) in [6.45, 7) is 0.777. The highest BCUT2D eigenvalue weighted by Crippen LogP contribution is 2.33. The zero-order valence-electron chi connectivity index (χ0n) is 12.0. The van der Waals surface area contributed by atoms with Gasteiger partial charge in [-0.1, -0.05) is 12.1 Å². The zero-order chi connectivity index (χ0) is 14.1. The summed E-state index contributed by atoms with van der Waals surface area (Å²) in [7, 11) is 3.96. The van der Waals surface area contributed by atoms with E-state index in [1.807, 2.05) is 18.8 Å². The van der Waals surface area contributed by atoms with E-state index in [2.05, 4.69) is 44.5 Å². The average molecular weight is 334 g/mol. The third-order valence-electron chi connectivity index (χ3n) is 4.02. The SMILES string of the molecule is CNCc1nn(C)c(-c2ccc3c(c2)CCCC3)c1Br. The molecule has 106 valence electrons. The third-order valence-corrected chi connectivity index (χ3v) is 4.85. The Morgan fingerprint density at radius 2 is 2.00 bits per heavy atom. The van der Waals surface area contributed by atoms with Crippen LogP contribution >= 0.6 is 15.9 Å². The van der Waals surface area contributed by atoms with E-state index in [0.29, 0.717) is 0 Å². The fraction of sp³-hybridized carbons (Fsp3) is 0.438. The van der Waals surface area contributed by atoms with Gasteiger partial charge in [0, 0.05) is 19.2 Å². The van der Waals surface area contributed by atoms with Crippen molar-refractivity contribution in [1.29, 1.82) is 0 Å². The summed E-state index contributed by atoms with van der Waals surface area (Å²) in [5, 5.41) is 7.76. The fourth-order valence-corrected chi connectivity index (χ4v) is 3.73. The molecule has 0 atom stereocenters. The number of aryl methyl sites for hydroxylation is 3. The molecule has 1 aromatic heterocycles. The van der Waals surface area contributed by atoms with Crippen molar-refractivity contribution in [3.8, 4) is 11.3 Å². The van der Waals surface area contributed by atoms with Gasteiger partial charge in [0.05, 0.1) is 15.9 Å². The van der Waals surface area contributed by atoms with E-state index in [4.69, 9.17) is 0 Å². The average Bonchev–Trinajstić information content (AvgIpc) is 2.73. The van der Waals surface area contributed by atoms with Crippen molar-refractivity contribution in [1.82, 2.24) is 15.1 Å². The van der Waals surface area contributed by atoms with Crippen LogP contribution < -0.4 is 5.32 Å². The monoisotopic (exact) mass is 333 g/mol. The van der Waals surface area contributed by atoms with Crippen LogP contribution in [-0.2, 0) is 26.4 Å². The maximum atomic E-state index is 4.60. The van der Waals surface area contributed by atoms with Crippen LogP contribution in [0, 0.1) is 0 Å². The van der Waals surface area contributed by atoms with Crippen LogP contribution in [0.4, 0.5) is 0 Å². The normalized spacial score (nSPS) is 14.3. The van der Waals surface area contributed by atoms with Crippen LogP contribution in [-0.4, -0.2) is 16.8 Å². The molecule has 0 saturated carbocycles. The van der Waals surface area contributed by atoms with E-state index in [1.165, 1.54) is 48.1 Å². The van der Waals surface area contributed by atoms with Gasteiger partial charge in [-0.2, -0.15) is 5.10 Å². The minimum Gasteiger partial charge on any atom is -0.314 e. The second-order valence-electron chi connectivity index (χ2n) is 5.45. The minimum absolute atomic E-state index is 0.777. The summed E-state index contributed by atoms with van der Waals surface area (Å²) in [5.41, 5.74) is 6.52. The minimum atomic E-state index is 0.777. The second-order valence-corrected chi connectivity index (χ2v) is 6.25. The lowest BCUT2D eigenvalue weighted by molar-refractivity contribution is 0.685. The topological polar surface area (TPSA) is 29.9 Å². The summed E-state index contributed by atoms with van der Waals surface area (Å²) >= 11 is 3.71. The first kappa shape index (κ1) is 13.8. The Kier molecular flexibility index (Phi) is 3.94. The Morgan fingerprint density at radius 3 is 2.75 bits per heavy atom. The maximum absolute atomic E-state index is 4.60. The molecule has 3 nitrogen and oxygen atoms in total. The molecule has 0 saturated heterocycles. The molecule has 1 N–H and O–H groups in total. The number of benzene rings is 1. The number of nitrogens with zero attached hydrogens (tertiary/aromatic N) is 2. The number of hydrogen-bond donors (Lipinski definition) is 1. The molecule has 4 heteroatoms. The molecule has 1 aromatic carbocycles. The van der Waals surface area contributed by atoms with Crippen LogP contribution in [0.25, 0.3) is 11.3 Å². The summed E-state index contributed by atoms with van der Waals surface area (Å²) in [4.78, 5) is 0. The highest BCUT2D eigenvalue weighted by molar-refractivity contribution is 9.10. The van der Waals surface area contributed by atoms with Crippen molar-refractivity contribution in [3.05, 3.63) is 39.5 Å². The number of hydrogen-bond acceptors (Lipinski definition) is 2. The van der Waals surface area contributed by atoms with Crippen LogP contribution in [0.5, 0.6) is 0 Å². The van der Waals surface area contributed by atoms with Gasteiger partial charge >= 0.3 is 0 Å². The van der Waals surface area contributed by atoms with Gasteiger partial charge in [-0.25, -0.2) is 0 Å². The Bertz CT molecular complexity index is 631. The molecular weight excluding hydrogens is 314 g/mol. The Balaban J connectivity index is 2.04. The molecule has 0 aliphatic heterocycles. The molecule has 0 amide bonds. The predicted octanol–water partition coefficient (Wildman–Crippen LogP) is 3.45. The van der Waals surface area contributed by atoms with Gasteiger partial charge < -0.3 is 5.32 Å². The van der Waals surface area contributed by atoms with E-state index in [0.717, 1.165) is 16.7 Å². The van der Waals surface area contributed by atoms with Gasteiger partial charge in [-0.05, 0) is 65.9 Å². The van der Waals surface area contributed by atoms with E-state index in [1.54, 1.807) is 0 Å². The highest BCUT2D eigenvalue weighted by Gasteiger charge is 2.17. The van der Waals surface area contributed by atoms with Crippen LogP contribution in [0.15, 0.2) is 22.7 Å². The summed E-state index contributed by atoms with van der Waals surface area (Å²) in [6, 6.07) is 6.87. The molecule has 20 heavy (non-hydrogen) atoms. The van der Waals surface area contributed by atoms with E-state index in [9.17, 15) is 0 Å². The molecule has 0 spiro atoms. The summed E-state index contributed by atoms with van der Waals surface area (Å²) in [6.07, 6.45) is 5.08. The highest BCUT2D eigenvalue weighted by atomic mass is 79.9. The van der Waals surface area contributed by atoms with E-state index >= 15 is 0 Å². The van der Waals surface area contributed by atoms with Crippen molar-refractivity contribution < 1.29 is 0 Å². The molecule has 3 rings (SSSR count). The third kappa shape index (κ3) is 2.42. The molecule has 0 unspecified atom stereocenters. The lowest BCUT2D eigenvalue weighted by atomic mass is 9.90. The van der Waals surface area contributed by atoms with Gasteiger partial charge in [0.2, 0.25) is 0 Å². The molecule has 0 radical (unpaired) electrons. The first-order valence-corrected chi connectivity index (χ1v) is 7.98. The van der Waals surface area contributed by atoms with Gasteiger partial charge in [-0.3, -0.25) is 4.68 Å². The second kappa shape index (κ2) is 5.70. The molecule has 2 aromatic rings. The zero-order valence-corrected chi connectivity index (χ0v) is 13.6. The van der Waals surface area contributed by atoms with Crippen LogP contribution in [0.2, 0.25) is 0 Å². The van der Waals surface area contributed by atoms with Crippen molar-refractivity contribution in [2.24, 2.45) is 7.05 Å². The van der Waals surface area contributed by atoms with Crippen LogP contribution in [0.3, 0.4) is 0 Å². The molecule has 1 aliphatic carbocycles. The van der Waals surface area contributed by atoms with Crippen LogP contribution in [0.1, 0.15) is 29.7 Å². The quantitative estimate of drug-likeness (QED) is 0.932. The van der Waals surface area contributed by atoms with Crippen molar-refractivity contribution >= 4 is 15.9 Å². The first-order valence-electron chi connectivity index (χ1n) is 7.19. The number of rotatable bonds is 3. The number of nitrogens with one attached hydrogen (secondary N) is 1. The summed E-state index contributed by atoms with van der Waals surface area (Å²) in [5.74, 6) is 0. The van der Waals surface area contributed by atoms with Gasteiger partial charge in [0.15, 0.2) is 0 Å². The van der Waals surface area contributed by atoms with Crippen molar-refractivity contribution in [2.45, 2.75) is 32.2 Å². The molecular formula is C16H20BrN3.